The molecule has 76 valence electrons. The molecular formula is C9H17NO3. The molecule has 0 saturated heterocycles. The fraction of sp³-hybridized carbons (Fsp3) is 0.778. The Labute approximate surface area is 78.6 Å². The van der Waals surface area contributed by atoms with Crippen LogP contribution in [0.2, 0.25) is 0 Å². The maximum absolute atomic E-state index is 11.0. The highest BCUT2D eigenvalue weighted by Crippen LogP contribution is 1.86. The molecule has 0 atom stereocenters. The van der Waals surface area contributed by atoms with Crippen LogP contribution in [0.5, 0.6) is 0 Å². The largest absolute Gasteiger partial charge is 0.364 e. The highest BCUT2D eigenvalue weighted by Gasteiger charge is 2.02. The van der Waals surface area contributed by atoms with Crippen molar-refractivity contribution in [2.45, 2.75) is 20.8 Å². The van der Waals surface area contributed by atoms with Gasteiger partial charge in [-0.25, -0.2) is 0 Å². The maximum Gasteiger partial charge on any atom is 0.246 e. The van der Waals surface area contributed by atoms with E-state index in [1.54, 1.807) is 0 Å². The minimum Gasteiger partial charge on any atom is -0.364 e. The Kier molecular flexibility index (Phi) is 6.14. The molecule has 0 aromatic carbocycles. The van der Waals surface area contributed by atoms with E-state index in [-0.39, 0.29) is 24.9 Å². The van der Waals surface area contributed by atoms with E-state index in [0.717, 1.165) is 0 Å². The SMILES string of the molecule is CC(=O)COCC(=O)NCC(C)C. The molecule has 0 radical (unpaired) electrons. The van der Waals surface area contributed by atoms with Gasteiger partial charge in [-0.1, -0.05) is 13.8 Å². The van der Waals surface area contributed by atoms with Crippen molar-refractivity contribution in [2.24, 2.45) is 5.92 Å². The van der Waals surface area contributed by atoms with Gasteiger partial charge in [0.15, 0.2) is 5.78 Å². The van der Waals surface area contributed by atoms with E-state index in [1.165, 1.54) is 6.92 Å². The third-order valence-corrected chi connectivity index (χ3v) is 1.25. The standard InChI is InChI=1S/C9H17NO3/c1-7(2)4-10-9(12)6-13-5-8(3)11/h7H,4-6H2,1-3H3,(H,10,12). The van der Waals surface area contributed by atoms with Gasteiger partial charge in [0.25, 0.3) is 0 Å². The lowest BCUT2D eigenvalue weighted by atomic mass is 10.2. The Balaban J connectivity index is 3.35. The summed E-state index contributed by atoms with van der Waals surface area (Å²) in [5.41, 5.74) is 0. The number of ether oxygens (including phenoxy) is 1. The van der Waals surface area contributed by atoms with Crippen LogP contribution >= 0.6 is 0 Å². The van der Waals surface area contributed by atoms with E-state index < -0.39 is 0 Å². The van der Waals surface area contributed by atoms with Crippen LogP contribution in [0.1, 0.15) is 20.8 Å². The van der Waals surface area contributed by atoms with Crippen LogP contribution in [0.3, 0.4) is 0 Å². The summed E-state index contributed by atoms with van der Waals surface area (Å²) in [5, 5.41) is 2.68. The second kappa shape index (κ2) is 6.60. The maximum atomic E-state index is 11.0. The summed E-state index contributed by atoms with van der Waals surface area (Å²) in [4.78, 5) is 21.4. The Morgan fingerprint density at radius 1 is 1.31 bits per heavy atom. The zero-order chi connectivity index (χ0) is 10.3. The summed E-state index contributed by atoms with van der Waals surface area (Å²) in [6.07, 6.45) is 0. The monoisotopic (exact) mass is 187 g/mol. The van der Waals surface area contributed by atoms with Crippen molar-refractivity contribution < 1.29 is 14.3 Å². The molecule has 0 bridgehead atoms. The molecule has 0 heterocycles. The minimum atomic E-state index is -0.171. The van der Waals surface area contributed by atoms with Crippen molar-refractivity contribution in [3.8, 4) is 0 Å². The predicted octanol–water partition coefficient (Wildman–Crippen LogP) is 0.364. The van der Waals surface area contributed by atoms with Crippen LogP contribution in [0.15, 0.2) is 0 Å². The molecule has 0 aromatic rings. The zero-order valence-electron chi connectivity index (χ0n) is 8.42. The molecule has 0 spiro atoms. The number of carbonyl (C=O) groups is 2. The number of ketones is 1. The molecule has 0 fully saturated rings. The average Bonchev–Trinajstić information content (AvgIpc) is 2.00. The molecule has 0 unspecified atom stereocenters. The van der Waals surface area contributed by atoms with Gasteiger partial charge in [-0.3, -0.25) is 9.59 Å². The molecule has 0 aliphatic carbocycles. The Bertz CT molecular complexity index is 178. The second-order valence-electron chi connectivity index (χ2n) is 3.39. The Morgan fingerprint density at radius 3 is 2.38 bits per heavy atom. The zero-order valence-corrected chi connectivity index (χ0v) is 8.42. The van der Waals surface area contributed by atoms with Crippen LogP contribution < -0.4 is 5.32 Å². The van der Waals surface area contributed by atoms with Gasteiger partial charge in [-0.2, -0.15) is 0 Å². The van der Waals surface area contributed by atoms with Crippen LogP contribution in [-0.4, -0.2) is 31.4 Å². The quantitative estimate of drug-likeness (QED) is 0.653. The average molecular weight is 187 g/mol. The third-order valence-electron chi connectivity index (χ3n) is 1.25. The smallest absolute Gasteiger partial charge is 0.246 e. The number of rotatable bonds is 6. The molecule has 0 saturated carbocycles. The van der Waals surface area contributed by atoms with Crippen molar-refractivity contribution in [2.75, 3.05) is 19.8 Å². The fourth-order valence-electron chi connectivity index (χ4n) is 0.656. The van der Waals surface area contributed by atoms with Gasteiger partial charge in [0, 0.05) is 6.54 Å². The van der Waals surface area contributed by atoms with Crippen molar-refractivity contribution in [1.82, 2.24) is 5.32 Å². The molecule has 13 heavy (non-hydrogen) atoms. The predicted molar refractivity (Wildman–Crippen MR) is 49.3 cm³/mol. The van der Waals surface area contributed by atoms with Crippen molar-refractivity contribution in [1.29, 1.82) is 0 Å². The van der Waals surface area contributed by atoms with Gasteiger partial charge < -0.3 is 10.1 Å². The number of carbonyl (C=O) groups excluding carboxylic acids is 2. The van der Waals surface area contributed by atoms with Gasteiger partial charge in [0.2, 0.25) is 5.91 Å². The third kappa shape index (κ3) is 9.01. The molecule has 0 aliphatic rings. The Morgan fingerprint density at radius 2 is 1.92 bits per heavy atom. The molecule has 4 heteroatoms. The number of amides is 1. The summed E-state index contributed by atoms with van der Waals surface area (Å²) in [7, 11) is 0. The van der Waals surface area contributed by atoms with Gasteiger partial charge in [-0.05, 0) is 12.8 Å². The summed E-state index contributed by atoms with van der Waals surface area (Å²) >= 11 is 0. The van der Waals surface area contributed by atoms with Crippen LogP contribution in [0, 0.1) is 5.92 Å². The normalized spacial score (nSPS) is 10.2. The van der Waals surface area contributed by atoms with E-state index in [9.17, 15) is 9.59 Å². The number of Topliss-reactive ketones (excluding diaryl/α,β-unsaturated/α-hetero) is 1. The van der Waals surface area contributed by atoms with Gasteiger partial charge in [0.1, 0.15) is 13.2 Å². The summed E-state index contributed by atoms with van der Waals surface area (Å²) in [5.74, 6) is 0.184. The van der Waals surface area contributed by atoms with Crippen LogP contribution in [-0.2, 0) is 14.3 Å². The van der Waals surface area contributed by atoms with E-state index in [0.29, 0.717) is 12.5 Å². The molecule has 4 nitrogen and oxygen atoms in total. The number of hydrogen-bond acceptors (Lipinski definition) is 3. The highest BCUT2D eigenvalue weighted by molar-refractivity contribution is 5.79. The van der Waals surface area contributed by atoms with E-state index >= 15 is 0 Å². The van der Waals surface area contributed by atoms with Crippen LogP contribution in [0.4, 0.5) is 0 Å². The molecule has 1 N–H and O–H groups in total. The van der Waals surface area contributed by atoms with Crippen LogP contribution in [0.25, 0.3) is 0 Å². The second-order valence-corrected chi connectivity index (χ2v) is 3.39. The molecular weight excluding hydrogens is 170 g/mol. The Hall–Kier alpha value is -0.900. The molecule has 0 rings (SSSR count). The number of nitrogens with one attached hydrogen (secondary N) is 1. The van der Waals surface area contributed by atoms with Crippen molar-refractivity contribution >= 4 is 11.7 Å². The first-order valence-electron chi connectivity index (χ1n) is 4.36. The lowest BCUT2D eigenvalue weighted by Crippen LogP contribution is -2.31. The first-order chi connectivity index (χ1) is 6.02. The molecule has 1 amide bonds. The first kappa shape index (κ1) is 12.1. The summed E-state index contributed by atoms with van der Waals surface area (Å²) in [6.45, 7) is 6.06. The lowest BCUT2D eigenvalue weighted by molar-refractivity contribution is -0.129. The van der Waals surface area contributed by atoms with E-state index in [1.807, 2.05) is 13.8 Å². The van der Waals surface area contributed by atoms with Crippen molar-refractivity contribution in [3.05, 3.63) is 0 Å². The minimum absolute atomic E-state index is 0.00903. The van der Waals surface area contributed by atoms with Crippen molar-refractivity contribution in [3.63, 3.8) is 0 Å². The first-order valence-corrected chi connectivity index (χ1v) is 4.36. The van der Waals surface area contributed by atoms with Gasteiger partial charge in [0.05, 0.1) is 0 Å². The summed E-state index contributed by atoms with van der Waals surface area (Å²) in [6, 6.07) is 0. The summed E-state index contributed by atoms with van der Waals surface area (Å²) < 4.78 is 4.83. The van der Waals surface area contributed by atoms with E-state index in [2.05, 4.69) is 5.32 Å². The van der Waals surface area contributed by atoms with E-state index in [4.69, 9.17) is 4.74 Å². The van der Waals surface area contributed by atoms with Gasteiger partial charge in [-0.15, -0.1) is 0 Å². The molecule has 0 aromatic heterocycles. The number of hydrogen-bond donors (Lipinski definition) is 1. The highest BCUT2D eigenvalue weighted by atomic mass is 16.5. The fourth-order valence-corrected chi connectivity index (χ4v) is 0.656. The molecule has 0 aliphatic heterocycles. The lowest BCUT2D eigenvalue weighted by Gasteiger charge is -2.07. The van der Waals surface area contributed by atoms with Gasteiger partial charge >= 0.3 is 0 Å². The topological polar surface area (TPSA) is 55.4 Å².